The zero-order valence-corrected chi connectivity index (χ0v) is 18.7. The Balaban J connectivity index is 1.56. The maximum absolute atomic E-state index is 13.9. The highest BCUT2D eigenvalue weighted by molar-refractivity contribution is 6.30. The average molecular weight is 504 g/mol. The number of benzene rings is 2. The molecule has 2 bridgehead atoms. The Bertz CT molecular complexity index is 1450. The summed E-state index contributed by atoms with van der Waals surface area (Å²) in [6, 6.07) is 5.69. The zero-order valence-electron chi connectivity index (χ0n) is 17.9. The maximum atomic E-state index is 13.9. The van der Waals surface area contributed by atoms with E-state index in [0.29, 0.717) is 30.1 Å². The number of hydrogen-bond donors (Lipinski definition) is 2. The molecule has 0 aliphatic carbocycles. The first-order valence-electron chi connectivity index (χ1n) is 10.6. The van der Waals surface area contributed by atoms with E-state index in [2.05, 4.69) is 5.32 Å². The number of hydrogen-bond acceptors (Lipinski definition) is 4. The molecular formula is C24H17ClF3N3O4. The normalized spacial score (nSPS) is 16.4. The predicted octanol–water partition coefficient (Wildman–Crippen LogP) is 3.16. The summed E-state index contributed by atoms with van der Waals surface area (Å²) in [4.78, 5) is 40.2. The molecule has 1 atom stereocenters. The molecule has 7 nitrogen and oxygen atoms in total. The number of carbonyl (C=O) groups is 2. The van der Waals surface area contributed by atoms with Crippen molar-refractivity contribution in [3.05, 3.63) is 97.2 Å². The molecule has 2 N–H and O–H groups in total. The fraction of sp³-hybridized carbons (Fsp3) is 0.208. The molecule has 0 fully saturated rings. The lowest BCUT2D eigenvalue weighted by molar-refractivity contribution is 0.0686. The van der Waals surface area contributed by atoms with Crippen molar-refractivity contribution >= 4 is 23.4 Å². The molecule has 0 radical (unpaired) electrons. The SMILES string of the molecule is O=C(NCc1c(F)cc(F)cc1F)c1cn2c(c(O)c1=O)C(=O)N1CCc3cc(Cl)ccc3C2C1. The Morgan fingerprint density at radius 3 is 2.57 bits per heavy atom. The van der Waals surface area contributed by atoms with Crippen molar-refractivity contribution < 1.29 is 27.9 Å². The molecule has 0 spiro atoms. The van der Waals surface area contributed by atoms with Gasteiger partial charge in [0.2, 0.25) is 5.43 Å². The molecule has 3 aromatic rings. The molecule has 2 aromatic carbocycles. The number of aromatic nitrogens is 1. The molecule has 35 heavy (non-hydrogen) atoms. The van der Waals surface area contributed by atoms with Gasteiger partial charge in [-0.3, -0.25) is 14.4 Å². The molecule has 0 saturated carbocycles. The van der Waals surface area contributed by atoms with E-state index in [-0.39, 0.29) is 12.2 Å². The zero-order chi connectivity index (χ0) is 25.0. The van der Waals surface area contributed by atoms with Gasteiger partial charge >= 0.3 is 0 Å². The van der Waals surface area contributed by atoms with Crippen molar-refractivity contribution in [1.82, 2.24) is 14.8 Å². The van der Waals surface area contributed by atoms with Gasteiger partial charge < -0.3 is 19.9 Å². The van der Waals surface area contributed by atoms with Crippen molar-refractivity contribution in [2.75, 3.05) is 13.1 Å². The van der Waals surface area contributed by atoms with Crippen LogP contribution in [0.15, 0.2) is 41.3 Å². The van der Waals surface area contributed by atoms with E-state index >= 15 is 0 Å². The van der Waals surface area contributed by atoms with E-state index < -0.39 is 64.2 Å². The number of pyridine rings is 1. The summed E-state index contributed by atoms with van der Waals surface area (Å²) in [5.41, 5.74) is -0.759. The molecule has 1 aromatic heterocycles. The van der Waals surface area contributed by atoms with Crippen molar-refractivity contribution in [1.29, 1.82) is 0 Å². The van der Waals surface area contributed by atoms with Crippen LogP contribution in [0, 0.1) is 17.5 Å². The van der Waals surface area contributed by atoms with Crippen LogP contribution >= 0.6 is 11.6 Å². The Morgan fingerprint density at radius 2 is 1.86 bits per heavy atom. The topological polar surface area (TPSA) is 91.6 Å². The second kappa shape index (κ2) is 8.46. The molecule has 11 heteroatoms. The summed E-state index contributed by atoms with van der Waals surface area (Å²) in [6.45, 7) is -0.0701. The Kier molecular flexibility index (Phi) is 5.55. The highest BCUT2D eigenvalue weighted by Crippen LogP contribution is 2.35. The maximum Gasteiger partial charge on any atom is 0.274 e. The van der Waals surface area contributed by atoms with Crippen LogP contribution in [0.2, 0.25) is 5.02 Å². The van der Waals surface area contributed by atoms with Crippen LogP contribution in [0.5, 0.6) is 5.75 Å². The highest BCUT2D eigenvalue weighted by Gasteiger charge is 2.38. The van der Waals surface area contributed by atoms with Crippen LogP contribution in [0.1, 0.15) is 43.6 Å². The van der Waals surface area contributed by atoms with Gasteiger partial charge in [-0.25, -0.2) is 13.2 Å². The van der Waals surface area contributed by atoms with E-state index in [1.54, 1.807) is 18.2 Å². The van der Waals surface area contributed by atoms with E-state index in [1.165, 1.54) is 9.47 Å². The molecular weight excluding hydrogens is 487 g/mol. The molecule has 1 unspecified atom stereocenters. The lowest BCUT2D eigenvalue weighted by atomic mass is 9.97. The molecule has 0 saturated heterocycles. The van der Waals surface area contributed by atoms with Crippen molar-refractivity contribution in [3.8, 4) is 5.75 Å². The van der Waals surface area contributed by atoms with Crippen LogP contribution in [0.4, 0.5) is 13.2 Å². The van der Waals surface area contributed by atoms with E-state index in [1.807, 2.05) is 0 Å². The first kappa shape index (κ1) is 23.0. The summed E-state index contributed by atoms with van der Waals surface area (Å²) < 4.78 is 42.4. The highest BCUT2D eigenvalue weighted by atomic mass is 35.5. The van der Waals surface area contributed by atoms with Crippen LogP contribution < -0.4 is 10.7 Å². The fourth-order valence-electron chi connectivity index (χ4n) is 4.59. The smallest absolute Gasteiger partial charge is 0.274 e. The predicted molar refractivity (Wildman–Crippen MR) is 119 cm³/mol. The Morgan fingerprint density at radius 1 is 1.14 bits per heavy atom. The van der Waals surface area contributed by atoms with E-state index in [0.717, 1.165) is 17.3 Å². The van der Waals surface area contributed by atoms with Gasteiger partial charge in [-0.05, 0) is 29.7 Å². The molecule has 2 amide bonds. The Hall–Kier alpha value is -3.79. The third-order valence-corrected chi connectivity index (χ3v) is 6.56. The number of nitrogens with zero attached hydrogens (tertiary/aromatic N) is 2. The Labute approximate surface area is 201 Å². The summed E-state index contributed by atoms with van der Waals surface area (Å²) >= 11 is 6.13. The summed E-state index contributed by atoms with van der Waals surface area (Å²) in [5.74, 6) is -5.99. The largest absolute Gasteiger partial charge is 0.503 e. The standard InChI is InChI=1S/C24H17ClF3N3O4/c25-12-1-2-14-11(5-12)3-4-30-10-19(14)31-9-16(21(32)22(33)20(31)24(30)35)23(34)29-8-15-17(27)6-13(26)7-18(15)28/h1-2,5-7,9,19,33H,3-4,8,10H2,(H,29,34). The third-order valence-electron chi connectivity index (χ3n) is 6.32. The van der Waals surface area contributed by atoms with Crippen LogP contribution in [0.25, 0.3) is 0 Å². The third kappa shape index (κ3) is 3.83. The summed E-state index contributed by atoms with van der Waals surface area (Å²) in [6.07, 6.45) is 1.67. The van der Waals surface area contributed by atoms with Crippen molar-refractivity contribution in [3.63, 3.8) is 0 Å². The minimum absolute atomic E-state index is 0.246. The number of aromatic hydroxyl groups is 1. The van der Waals surface area contributed by atoms with Gasteiger partial charge in [0, 0.05) is 48.5 Å². The molecule has 2 aliphatic heterocycles. The second-order valence-electron chi connectivity index (χ2n) is 8.37. The average Bonchev–Trinajstić information content (AvgIpc) is 2.96. The van der Waals surface area contributed by atoms with Gasteiger partial charge in [-0.1, -0.05) is 17.7 Å². The van der Waals surface area contributed by atoms with Gasteiger partial charge in [0.15, 0.2) is 11.4 Å². The molecule has 5 rings (SSSR count). The van der Waals surface area contributed by atoms with Crippen molar-refractivity contribution in [2.45, 2.75) is 19.0 Å². The molecule has 180 valence electrons. The number of carbonyl (C=O) groups excluding carboxylic acids is 2. The van der Waals surface area contributed by atoms with Gasteiger partial charge in [0.05, 0.1) is 6.04 Å². The molecule has 3 heterocycles. The quantitative estimate of drug-likeness (QED) is 0.574. The first-order valence-corrected chi connectivity index (χ1v) is 11.0. The van der Waals surface area contributed by atoms with Crippen LogP contribution in [0.3, 0.4) is 0 Å². The monoisotopic (exact) mass is 503 g/mol. The van der Waals surface area contributed by atoms with Gasteiger partial charge in [-0.15, -0.1) is 0 Å². The fourth-order valence-corrected chi connectivity index (χ4v) is 4.78. The van der Waals surface area contributed by atoms with Crippen LogP contribution in [-0.4, -0.2) is 39.5 Å². The minimum atomic E-state index is -1.20. The van der Waals surface area contributed by atoms with E-state index in [4.69, 9.17) is 11.6 Å². The number of fused-ring (bicyclic) bond motifs is 6. The summed E-state index contributed by atoms with van der Waals surface area (Å²) in [7, 11) is 0. The lowest BCUT2D eigenvalue weighted by Gasteiger charge is -2.35. The van der Waals surface area contributed by atoms with Crippen molar-refractivity contribution in [2.24, 2.45) is 0 Å². The number of nitrogens with one attached hydrogen (secondary N) is 1. The number of amides is 2. The minimum Gasteiger partial charge on any atom is -0.503 e. The van der Waals surface area contributed by atoms with E-state index in [9.17, 15) is 32.7 Å². The number of halogens is 4. The molecule has 2 aliphatic rings. The van der Waals surface area contributed by atoms with Crippen LogP contribution in [-0.2, 0) is 13.0 Å². The van der Waals surface area contributed by atoms with Gasteiger partial charge in [-0.2, -0.15) is 0 Å². The summed E-state index contributed by atoms with van der Waals surface area (Å²) in [5, 5.41) is 13.4. The lowest BCUT2D eigenvalue weighted by Crippen LogP contribution is -2.45. The van der Waals surface area contributed by atoms with Gasteiger partial charge in [0.25, 0.3) is 11.8 Å². The number of rotatable bonds is 3. The first-order chi connectivity index (χ1) is 16.7. The second-order valence-corrected chi connectivity index (χ2v) is 8.80. The van der Waals surface area contributed by atoms with Gasteiger partial charge in [0.1, 0.15) is 23.0 Å².